The molecule has 0 atom stereocenters. The van der Waals surface area contributed by atoms with Crippen LogP contribution in [-0.4, -0.2) is 39.0 Å². The van der Waals surface area contributed by atoms with Crippen LogP contribution in [-0.2, 0) is 11.3 Å². The van der Waals surface area contributed by atoms with E-state index in [0.717, 1.165) is 5.56 Å². The summed E-state index contributed by atoms with van der Waals surface area (Å²) in [5.41, 5.74) is 1.14. The first kappa shape index (κ1) is 14.5. The number of hydrogen-bond donors (Lipinski definition) is 1. The molecule has 0 saturated carbocycles. The predicted octanol–water partition coefficient (Wildman–Crippen LogP) is 1.96. The van der Waals surface area contributed by atoms with Crippen LogP contribution in [0.1, 0.15) is 5.56 Å². The standard InChI is InChI=1S/C10H11NO2.C3H3N3O2/c12-10-11(6-7-13-10)8-9-4-2-1-3-5-9;7-6(8)3-4-1-2-5-3/h1-5H,6-8H2;1-2H,(H,4,5). The first-order valence-corrected chi connectivity index (χ1v) is 6.26. The highest BCUT2D eigenvalue weighted by Crippen LogP contribution is 2.09. The lowest BCUT2D eigenvalue weighted by Crippen LogP contribution is -2.23. The normalized spacial score (nSPS) is 13.3. The fraction of sp³-hybridized carbons (Fsp3) is 0.231. The molecule has 2 heterocycles. The van der Waals surface area contributed by atoms with Gasteiger partial charge in [0.05, 0.1) is 12.7 Å². The van der Waals surface area contributed by atoms with Crippen molar-refractivity contribution < 1.29 is 14.5 Å². The van der Waals surface area contributed by atoms with Gasteiger partial charge in [0.15, 0.2) is 0 Å². The maximum Gasteiger partial charge on any atom is 0.432 e. The molecule has 0 unspecified atom stereocenters. The maximum absolute atomic E-state index is 11.1. The van der Waals surface area contributed by atoms with Gasteiger partial charge in [0, 0.05) is 6.54 Å². The molecular weight excluding hydrogens is 276 g/mol. The van der Waals surface area contributed by atoms with Crippen LogP contribution in [0, 0.1) is 10.1 Å². The zero-order valence-corrected chi connectivity index (χ0v) is 11.1. The molecular formula is C13H14N4O4. The van der Waals surface area contributed by atoms with Gasteiger partial charge in [0.25, 0.3) is 0 Å². The molecule has 8 heteroatoms. The third kappa shape index (κ3) is 4.30. The summed E-state index contributed by atoms with van der Waals surface area (Å²) in [7, 11) is 0. The van der Waals surface area contributed by atoms with Crippen molar-refractivity contribution in [1.29, 1.82) is 0 Å². The van der Waals surface area contributed by atoms with Gasteiger partial charge in [0.2, 0.25) is 0 Å². The summed E-state index contributed by atoms with van der Waals surface area (Å²) >= 11 is 0. The molecule has 1 N–H and O–H groups in total. The Morgan fingerprint density at radius 3 is 2.62 bits per heavy atom. The van der Waals surface area contributed by atoms with Crippen LogP contribution in [0.3, 0.4) is 0 Å². The van der Waals surface area contributed by atoms with E-state index in [9.17, 15) is 14.9 Å². The summed E-state index contributed by atoms with van der Waals surface area (Å²) < 4.78 is 4.82. The fourth-order valence-corrected chi connectivity index (χ4v) is 1.73. The van der Waals surface area contributed by atoms with Crippen LogP contribution < -0.4 is 0 Å². The van der Waals surface area contributed by atoms with Gasteiger partial charge in [-0.05, 0) is 10.5 Å². The number of imidazole rings is 1. The minimum atomic E-state index is -0.583. The Morgan fingerprint density at radius 2 is 2.14 bits per heavy atom. The SMILES string of the molecule is O=C1OCCN1Cc1ccccc1.O=[N+]([O-])c1ncc[nH]1. The topological polar surface area (TPSA) is 101 Å². The lowest BCUT2D eigenvalue weighted by molar-refractivity contribution is -0.393. The van der Waals surface area contributed by atoms with E-state index in [2.05, 4.69) is 9.97 Å². The monoisotopic (exact) mass is 290 g/mol. The summed E-state index contributed by atoms with van der Waals surface area (Å²) in [6.45, 7) is 1.87. The van der Waals surface area contributed by atoms with Crippen LogP contribution in [0.4, 0.5) is 10.7 Å². The number of carbonyl (C=O) groups is 1. The number of benzene rings is 1. The smallest absolute Gasteiger partial charge is 0.432 e. The van der Waals surface area contributed by atoms with E-state index in [1.54, 1.807) is 4.90 Å². The largest absolute Gasteiger partial charge is 0.448 e. The maximum atomic E-state index is 11.1. The number of carbonyl (C=O) groups excluding carboxylic acids is 1. The number of nitrogens with zero attached hydrogens (tertiary/aromatic N) is 3. The number of aromatic amines is 1. The minimum absolute atomic E-state index is 0.205. The Hall–Kier alpha value is -2.90. The van der Waals surface area contributed by atoms with Gasteiger partial charge in [-0.1, -0.05) is 35.3 Å². The van der Waals surface area contributed by atoms with Crippen molar-refractivity contribution in [3.05, 3.63) is 58.4 Å². The van der Waals surface area contributed by atoms with Crippen molar-refractivity contribution in [1.82, 2.24) is 14.9 Å². The van der Waals surface area contributed by atoms with Crippen LogP contribution >= 0.6 is 0 Å². The Labute approximate surface area is 120 Å². The number of H-pyrrole nitrogens is 1. The second-order valence-electron chi connectivity index (χ2n) is 4.19. The molecule has 1 amide bonds. The van der Waals surface area contributed by atoms with Crippen molar-refractivity contribution >= 4 is 12.0 Å². The zero-order valence-electron chi connectivity index (χ0n) is 11.1. The Balaban J connectivity index is 0.000000173. The van der Waals surface area contributed by atoms with E-state index in [1.807, 2.05) is 30.3 Å². The lowest BCUT2D eigenvalue weighted by atomic mass is 10.2. The fourth-order valence-electron chi connectivity index (χ4n) is 1.73. The van der Waals surface area contributed by atoms with Crippen molar-refractivity contribution in [3.8, 4) is 0 Å². The molecule has 1 saturated heterocycles. The molecule has 1 aromatic heterocycles. The third-order valence-electron chi connectivity index (χ3n) is 2.72. The van der Waals surface area contributed by atoms with Crippen LogP contribution in [0.25, 0.3) is 0 Å². The van der Waals surface area contributed by atoms with Gasteiger partial charge in [-0.25, -0.2) is 9.78 Å². The summed E-state index contributed by atoms with van der Waals surface area (Å²) in [4.78, 5) is 27.7. The summed E-state index contributed by atoms with van der Waals surface area (Å²) in [6.07, 6.45) is 2.53. The zero-order chi connectivity index (χ0) is 15.1. The van der Waals surface area contributed by atoms with Gasteiger partial charge in [0.1, 0.15) is 12.8 Å². The molecule has 2 aromatic rings. The number of aromatic nitrogens is 2. The summed E-state index contributed by atoms with van der Waals surface area (Å²) in [6, 6.07) is 9.91. The van der Waals surface area contributed by atoms with E-state index < -0.39 is 4.92 Å². The number of amides is 1. The number of ether oxygens (including phenoxy) is 1. The number of nitrogens with one attached hydrogen (secondary N) is 1. The molecule has 3 rings (SSSR count). The van der Waals surface area contributed by atoms with Gasteiger partial charge in [-0.15, -0.1) is 0 Å². The highest BCUT2D eigenvalue weighted by Gasteiger charge is 2.21. The molecule has 8 nitrogen and oxygen atoms in total. The molecule has 1 aromatic carbocycles. The number of nitro groups is 1. The van der Waals surface area contributed by atoms with E-state index in [0.29, 0.717) is 19.7 Å². The average molecular weight is 290 g/mol. The van der Waals surface area contributed by atoms with Gasteiger partial charge >= 0.3 is 12.0 Å². The first-order chi connectivity index (χ1) is 10.2. The second-order valence-corrected chi connectivity index (χ2v) is 4.19. The number of hydrogen-bond acceptors (Lipinski definition) is 5. The predicted molar refractivity (Wildman–Crippen MR) is 73.4 cm³/mol. The summed E-state index contributed by atoms with van der Waals surface area (Å²) in [5.74, 6) is -0.218. The molecule has 0 bridgehead atoms. The lowest BCUT2D eigenvalue weighted by Gasteiger charge is -2.11. The van der Waals surface area contributed by atoms with Gasteiger partial charge < -0.3 is 19.8 Å². The Morgan fingerprint density at radius 1 is 1.38 bits per heavy atom. The molecule has 0 spiro atoms. The Bertz CT molecular complexity index is 585. The van der Waals surface area contributed by atoms with Crippen molar-refractivity contribution in [2.24, 2.45) is 0 Å². The van der Waals surface area contributed by atoms with Crippen LogP contribution in [0.5, 0.6) is 0 Å². The molecule has 1 aliphatic heterocycles. The van der Waals surface area contributed by atoms with Crippen molar-refractivity contribution in [2.45, 2.75) is 6.54 Å². The first-order valence-electron chi connectivity index (χ1n) is 6.26. The molecule has 1 fully saturated rings. The number of cyclic esters (lactones) is 1. The minimum Gasteiger partial charge on any atom is -0.448 e. The quantitative estimate of drug-likeness (QED) is 0.687. The highest BCUT2D eigenvalue weighted by atomic mass is 16.6. The van der Waals surface area contributed by atoms with E-state index in [4.69, 9.17) is 4.74 Å². The van der Waals surface area contributed by atoms with Crippen molar-refractivity contribution in [3.63, 3.8) is 0 Å². The molecule has 21 heavy (non-hydrogen) atoms. The molecule has 1 aliphatic rings. The van der Waals surface area contributed by atoms with E-state index in [1.165, 1.54) is 12.4 Å². The molecule has 0 radical (unpaired) electrons. The Kier molecular flexibility index (Phi) is 4.86. The second kappa shape index (κ2) is 7.04. The molecule has 110 valence electrons. The van der Waals surface area contributed by atoms with E-state index in [-0.39, 0.29) is 12.0 Å². The highest BCUT2D eigenvalue weighted by molar-refractivity contribution is 5.69. The van der Waals surface area contributed by atoms with Crippen molar-refractivity contribution in [2.75, 3.05) is 13.2 Å². The van der Waals surface area contributed by atoms with Crippen LogP contribution in [0.15, 0.2) is 42.7 Å². The number of rotatable bonds is 3. The summed E-state index contributed by atoms with van der Waals surface area (Å²) in [5, 5.41) is 9.77. The van der Waals surface area contributed by atoms with Gasteiger partial charge in [-0.2, -0.15) is 0 Å². The van der Waals surface area contributed by atoms with E-state index >= 15 is 0 Å². The van der Waals surface area contributed by atoms with Gasteiger partial charge in [-0.3, -0.25) is 0 Å². The third-order valence-corrected chi connectivity index (χ3v) is 2.72. The average Bonchev–Trinajstić information content (AvgIpc) is 3.14. The molecule has 0 aliphatic carbocycles. The van der Waals surface area contributed by atoms with Crippen LogP contribution in [0.2, 0.25) is 0 Å².